The van der Waals surface area contributed by atoms with Crippen LogP contribution in [-0.2, 0) is 0 Å². The maximum atomic E-state index is 12.4. The number of rotatable bonds is 5. The van der Waals surface area contributed by atoms with Gasteiger partial charge in [0.25, 0.3) is 11.6 Å². The van der Waals surface area contributed by atoms with Crippen molar-refractivity contribution in [3.8, 4) is 11.3 Å². The maximum absolute atomic E-state index is 12.4. The van der Waals surface area contributed by atoms with Gasteiger partial charge in [-0.2, -0.15) is 10.2 Å². The summed E-state index contributed by atoms with van der Waals surface area (Å²) in [7, 11) is 0. The Labute approximate surface area is 171 Å². The highest BCUT2D eigenvalue weighted by Gasteiger charge is 2.12. The van der Waals surface area contributed by atoms with Gasteiger partial charge in [-0.05, 0) is 47.5 Å². The molecule has 0 radical (unpaired) electrons. The molecule has 0 fully saturated rings. The third-order valence-electron chi connectivity index (χ3n) is 4.69. The van der Waals surface area contributed by atoms with Gasteiger partial charge in [0.15, 0.2) is 0 Å². The van der Waals surface area contributed by atoms with Crippen molar-refractivity contribution in [3.63, 3.8) is 0 Å². The van der Waals surface area contributed by atoms with Gasteiger partial charge in [-0.15, -0.1) is 0 Å². The molecule has 0 saturated carbocycles. The van der Waals surface area contributed by atoms with Crippen LogP contribution >= 0.6 is 0 Å². The number of H-pyrrole nitrogens is 1. The zero-order valence-electron chi connectivity index (χ0n) is 16.0. The van der Waals surface area contributed by atoms with E-state index in [4.69, 9.17) is 0 Å². The first-order valence-corrected chi connectivity index (χ1v) is 9.15. The molecule has 1 aromatic heterocycles. The standard InChI is InChI=1S/C22H17N5O3/c1-14(15-8-10-19(11-9-15)27(29)30)23-26-22(28)21-13-20(24-25-21)18-7-6-16-4-2-3-5-17(16)12-18/h2-13H,1H3,(H,24,25)(H,26,28)/b23-14+. The molecule has 30 heavy (non-hydrogen) atoms. The molecule has 148 valence electrons. The van der Waals surface area contributed by atoms with E-state index in [2.05, 4.69) is 20.7 Å². The van der Waals surface area contributed by atoms with E-state index in [1.54, 1.807) is 25.1 Å². The second-order valence-electron chi connectivity index (χ2n) is 6.67. The van der Waals surface area contributed by atoms with Crippen LogP contribution in [0.25, 0.3) is 22.0 Å². The van der Waals surface area contributed by atoms with Gasteiger partial charge in [0, 0.05) is 17.7 Å². The Morgan fingerprint density at radius 1 is 1.03 bits per heavy atom. The molecule has 3 aromatic carbocycles. The normalized spacial score (nSPS) is 11.4. The van der Waals surface area contributed by atoms with Crippen LogP contribution in [0, 0.1) is 10.1 Å². The smallest absolute Gasteiger partial charge is 0.272 e. The first-order valence-electron chi connectivity index (χ1n) is 9.15. The van der Waals surface area contributed by atoms with Crippen LogP contribution in [0.3, 0.4) is 0 Å². The molecule has 0 atom stereocenters. The van der Waals surface area contributed by atoms with Gasteiger partial charge in [0.2, 0.25) is 0 Å². The molecule has 0 spiro atoms. The number of carbonyl (C=O) groups is 1. The van der Waals surface area contributed by atoms with Crippen molar-refractivity contribution in [1.29, 1.82) is 0 Å². The summed E-state index contributed by atoms with van der Waals surface area (Å²) in [5.41, 5.74) is 5.49. The highest BCUT2D eigenvalue weighted by Crippen LogP contribution is 2.23. The Hall–Kier alpha value is -4.33. The van der Waals surface area contributed by atoms with Crippen LogP contribution < -0.4 is 5.43 Å². The van der Waals surface area contributed by atoms with E-state index < -0.39 is 10.8 Å². The topological polar surface area (TPSA) is 113 Å². The van der Waals surface area contributed by atoms with Crippen LogP contribution in [0.4, 0.5) is 5.69 Å². The van der Waals surface area contributed by atoms with Crippen LogP contribution in [0.15, 0.2) is 77.9 Å². The monoisotopic (exact) mass is 399 g/mol. The molecule has 4 rings (SSSR count). The van der Waals surface area contributed by atoms with Gasteiger partial charge >= 0.3 is 0 Å². The molecule has 0 unspecified atom stereocenters. The van der Waals surface area contributed by atoms with Gasteiger partial charge in [-0.25, -0.2) is 5.43 Å². The van der Waals surface area contributed by atoms with Crippen molar-refractivity contribution in [2.24, 2.45) is 5.10 Å². The summed E-state index contributed by atoms with van der Waals surface area (Å²) in [6.07, 6.45) is 0. The number of nitrogens with one attached hydrogen (secondary N) is 2. The molecular weight excluding hydrogens is 382 g/mol. The lowest BCUT2D eigenvalue weighted by atomic mass is 10.1. The zero-order valence-corrected chi connectivity index (χ0v) is 16.0. The van der Waals surface area contributed by atoms with E-state index in [0.29, 0.717) is 17.0 Å². The minimum Gasteiger partial charge on any atom is -0.272 e. The van der Waals surface area contributed by atoms with Crippen molar-refractivity contribution in [2.45, 2.75) is 6.92 Å². The molecule has 8 nitrogen and oxygen atoms in total. The fourth-order valence-electron chi connectivity index (χ4n) is 3.02. The van der Waals surface area contributed by atoms with Crippen molar-refractivity contribution < 1.29 is 9.72 Å². The van der Waals surface area contributed by atoms with Crippen molar-refractivity contribution >= 4 is 28.1 Å². The molecule has 1 heterocycles. The van der Waals surface area contributed by atoms with Crippen molar-refractivity contribution in [1.82, 2.24) is 15.6 Å². The third-order valence-corrected chi connectivity index (χ3v) is 4.69. The van der Waals surface area contributed by atoms with Crippen LogP contribution in [0.2, 0.25) is 0 Å². The number of hydrogen-bond acceptors (Lipinski definition) is 5. The van der Waals surface area contributed by atoms with Crippen molar-refractivity contribution in [2.75, 3.05) is 0 Å². The van der Waals surface area contributed by atoms with Gasteiger partial charge in [-0.1, -0.05) is 36.4 Å². The highest BCUT2D eigenvalue weighted by atomic mass is 16.6. The van der Waals surface area contributed by atoms with E-state index in [9.17, 15) is 14.9 Å². The van der Waals surface area contributed by atoms with Crippen LogP contribution in [-0.4, -0.2) is 26.7 Å². The number of aromatic amines is 1. The summed E-state index contributed by atoms with van der Waals surface area (Å²) >= 11 is 0. The van der Waals surface area contributed by atoms with Gasteiger partial charge in [-0.3, -0.25) is 20.0 Å². The lowest BCUT2D eigenvalue weighted by molar-refractivity contribution is -0.384. The summed E-state index contributed by atoms with van der Waals surface area (Å²) in [5, 5.41) is 24.0. The number of amides is 1. The second-order valence-corrected chi connectivity index (χ2v) is 6.67. The summed E-state index contributed by atoms with van der Waals surface area (Å²) in [4.78, 5) is 22.7. The molecule has 1 amide bonds. The molecule has 0 aliphatic carbocycles. The van der Waals surface area contributed by atoms with Crippen molar-refractivity contribution in [3.05, 3.63) is 94.2 Å². The molecule has 0 bridgehead atoms. The number of nitro groups is 1. The van der Waals surface area contributed by atoms with E-state index in [-0.39, 0.29) is 11.4 Å². The second kappa shape index (κ2) is 7.96. The zero-order chi connectivity index (χ0) is 21.1. The third kappa shape index (κ3) is 3.93. The largest absolute Gasteiger partial charge is 0.289 e. The first kappa shape index (κ1) is 19.0. The summed E-state index contributed by atoms with van der Waals surface area (Å²) in [5.74, 6) is -0.434. The number of fused-ring (bicyclic) bond motifs is 1. The number of hydrazone groups is 1. The van der Waals surface area contributed by atoms with Crippen LogP contribution in [0.5, 0.6) is 0 Å². The summed E-state index contributed by atoms with van der Waals surface area (Å²) in [6, 6.07) is 21.6. The molecule has 8 heteroatoms. The Bertz CT molecular complexity index is 1280. The average Bonchev–Trinajstić information content (AvgIpc) is 3.27. The van der Waals surface area contributed by atoms with Gasteiger partial charge < -0.3 is 0 Å². The number of nitro benzene ring substituents is 1. The predicted octanol–water partition coefficient (Wildman–Crippen LogP) is 4.29. The summed E-state index contributed by atoms with van der Waals surface area (Å²) < 4.78 is 0. The number of non-ortho nitro benzene ring substituents is 1. The number of hydrogen-bond donors (Lipinski definition) is 2. The number of benzene rings is 3. The Morgan fingerprint density at radius 3 is 2.50 bits per heavy atom. The Balaban J connectivity index is 1.48. The Morgan fingerprint density at radius 2 is 1.77 bits per heavy atom. The van der Waals surface area contributed by atoms with E-state index in [0.717, 1.165) is 16.3 Å². The van der Waals surface area contributed by atoms with E-state index in [1.807, 2.05) is 42.5 Å². The number of carbonyl (C=O) groups excluding carboxylic acids is 1. The SMILES string of the molecule is C/C(=N\NC(=O)c1cc(-c2ccc3ccccc3c2)n[nH]1)c1ccc([N+](=O)[O-])cc1. The molecule has 0 aliphatic rings. The fraction of sp³-hybridized carbons (Fsp3) is 0.0455. The number of nitrogens with zero attached hydrogens (tertiary/aromatic N) is 3. The van der Waals surface area contributed by atoms with Crippen LogP contribution in [0.1, 0.15) is 23.0 Å². The lowest BCUT2D eigenvalue weighted by Crippen LogP contribution is -2.19. The number of aromatic nitrogens is 2. The molecule has 2 N–H and O–H groups in total. The molecule has 4 aromatic rings. The van der Waals surface area contributed by atoms with E-state index >= 15 is 0 Å². The first-order chi connectivity index (χ1) is 14.5. The maximum Gasteiger partial charge on any atom is 0.289 e. The minimum absolute atomic E-state index is 0.00531. The highest BCUT2D eigenvalue weighted by molar-refractivity contribution is 6.00. The molecule has 0 saturated heterocycles. The lowest BCUT2D eigenvalue weighted by Gasteiger charge is -2.02. The molecule has 0 aliphatic heterocycles. The minimum atomic E-state index is -0.469. The van der Waals surface area contributed by atoms with Gasteiger partial charge in [0.1, 0.15) is 5.69 Å². The quantitative estimate of drug-likeness (QED) is 0.296. The fourth-order valence-corrected chi connectivity index (χ4v) is 3.02. The predicted molar refractivity (Wildman–Crippen MR) is 114 cm³/mol. The van der Waals surface area contributed by atoms with Gasteiger partial charge in [0.05, 0.1) is 16.3 Å². The Kier molecular flexibility index (Phi) is 5.04. The van der Waals surface area contributed by atoms with E-state index in [1.165, 1.54) is 12.1 Å². The summed E-state index contributed by atoms with van der Waals surface area (Å²) in [6.45, 7) is 1.70. The average molecular weight is 399 g/mol. The molecular formula is C22H17N5O3.